The Labute approximate surface area is 137 Å². The van der Waals surface area contributed by atoms with Gasteiger partial charge in [-0.3, -0.25) is 4.79 Å². The first kappa shape index (κ1) is 20.7. The molecule has 0 aromatic rings. The second-order valence-corrected chi connectivity index (χ2v) is 5.75. The van der Waals surface area contributed by atoms with Gasteiger partial charge in [-0.1, -0.05) is 56.2 Å². The lowest BCUT2D eigenvalue weighted by atomic mass is 10.1. The van der Waals surface area contributed by atoms with Gasteiger partial charge in [0.2, 0.25) is 0 Å². The van der Waals surface area contributed by atoms with Gasteiger partial charge < -0.3 is 5.11 Å². The van der Waals surface area contributed by atoms with Gasteiger partial charge in [0.1, 0.15) is 0 Å². The van der Waals surface area contributed by atoms with Crippen LogP contribution in [0.4, 0.5) is 0 Å². The molecule has 0 atom stereocenters. The molecular formula is C20H34O2. The van der Waals surface area contributed by atoms with Gasteiger partial charge in [-0.25, -0.2) is 0 Å². The highest BCUT2D eigenvalue weighted by Crippen LogP contribution is 2.05. The zero-order valence-electron chi connectivity index (χ0n) is 14.3. The Balaban J connectivity index is 3.26. The molecule has 0 bridgehead atoms. The van der Waals surface area contributed by atoms with Crippen LogP contribution in [0.3, 0.4) is 0 Å². The summed E-state index contributed by atoms with van der Waals surface area (Å²) in [4.78, 5) is 10.3. The number of rotatable bonds is 15. The Kier molecular flexibility index (Phi) is 16.7. The predicted octanol–water partition coefficient (Wildman–Crippen LogP) is 6.44. The molecule has 0 saturated carbocycles. The van der Waals surface area contributed by atoms with Gasteiger partial charge in [-0.05, 0) is 57.8 Å². The molecule has 0 aliphatic heterocycles. The van der Waals surface area contributed by atoms with Crippen LogP contribution < -0.4 is 0 Å². The molecule has 2 nitrogen and oxygen atoms in total. The fraction of sp³-hybridized carbons (Fsp3) is 0.650. The number of carbonyl (C=O) groups is 1. The van der Waals surface area contributed by atoms with Gasteiger partial charge in [-0.2, -0.15) is 0 Å². The fourth-order valence-electron chi connectivity index (χ4n) is 2.16. The summed E-state index contributed by atoms with van der Waals surface area (Å²) in [5, 5.41) is 8.51. The van der Waals surface area contributed by atoms with E-state index in [1.165, 1.54) is 38.5 Å². The van der Waals surface area contributed by atoms with Crippen molar-refractivity contribution in [2.75, 3.05) is 0 Å². The Morgan fingerprint density at radius 3 is 1.68 bits per heavy atom. The summed E-state index contributed by atoms with van der Waals surface area (Å²) in [5.74, 6) is -0.687. The maximum absolute atomic E-state index is 10.3. The van der Waals surface area contributed by atoms with E-state index in [0.717, 1.165) is 32.1 Å². The van der Waals surface area contributed by atoms with Crippen molar-refractivity contribution >= 4 is 5.97 Å². The lowest BCUT2D eigenvalue weighted by Crippen LogP contribution is -1.92. The first-order valence-corrected chi connectivity index (χ1v) is 8.95. The number of carboxylic acids is 1. The minimum absolute atomic E-state index is 0.299. The van der Waals surface area contributed by atoms with Crippen molar-refractivity contribution in [3.63, 3.8) is 0 Å². The summed E-state index contributed by atoms with van der Waals surface area (Å²) in [6.07, 6.45) is 26.3. The fourth-order valence-corrected chi connectivity index (χ4v) is 2.16. The molecule has 0 amide bonds. The molecule has 2 heteroatoms. The highest BCUT2D eigenvalue weighted by Gasteiger charge is 1.94. The molecule has 0 rings (SSSR count). The standard InChI is InChI=1S/C20H34O2/c1-2-3-4-5-6-7-8-9-10-11-12-13-14-15-16-17-18-19-20(21)22/h6-9,14-15H,2-5,10-13,16-19H2,1H3,(H,21,22)/b7-6+,9-8+,15-14+. The van der Waals surface area contributed by atoms with Crippen LogP contribution >= 0.6 is 0 Å². The van der Waals surface area contributed by atoms with Gasteiger partial charge in [0.15, 0.2) is 0 Å². The van der Waals surface area contributed by atoms with Gasteiger partial charge in [0, 0.05) is 6.42 Å². The van der Waals surface area contributed by atoms with E-state index in [-0.39, 0.29) is 0 Å². The number of hydrogen-bond acceptors (Lipinski definition) is 1. The van der Waals surface area contributed by atoms with Crippen LogP contribution in [0, 0.1) is 0 Å². The minimum Gasteiger partial charge on any atom is -0.481 e. The molecule has 0 saturated heterocycles. The first-order valence-electron chi connectivity index (χ1n) is 8.95. The predicted molar refractivity (Wildman–Crippen MR) is 96.1 cm³/mol. The third-order valence-electron chi connectivity index (χ3n) is 3.53. The van der Waals surface area contributed by atoms with E-state index in [2.05, 4.69) is 43.4 Å². The van der Waals surface area contributed by atoms with Gasteiger partial charge in [0.25, 0.3) is 0 Å². The zero-order valence-corrected chi connectivity index (χ0v) is 14.3. The monoisotopic (exact) mass is 306 g/mol. The van der Waals surface area contributed by atoms with Crippen molar-refractivity contribution < 1.29 is 9.90 Å². The average Bonchev–Trinajstić information content (AvgIpc) is 2.50. The topological polar surface area (TPSA) is 37.3 Å². The van der Waals surface area contributed by atoms with Crippen LogP contribution in [0.5, 0.6) is 0 Å². The highest BCUT2D eigenvalue weighted by molar-refractivity contribution is 5.66. The molecule has 0 unspecified atom stereocenters. The van der Waals surface area contributed by atoms with E-state index >= 15 is 0 Å². The number of hydrogen-bond donors (Lipinski definition) is 1. The van der Waals surface area contributed by atoms with Crippen LogP contribution in [0.15, 0.2) is 36.5 Å². The summed E-state index contributed by atoms with van der Waals surface area (Å²) in [6, 6.07) is 0. The zero-order chi connectivity index (χ0) is 16.3. The van der Waals surface area contributed by atoms with Crippen LogP contribution in [-0.2, 0) is 4.79 Å². The Bertz CT molecular complexity index is 327. The SMILES string of the molecule is CCCCC/C=C/C=C/CCCC/C=C/CCCCC(=O)O. The van der Waals surface area contributed by atoms with E-state index in [1.807, 2.05) is 0 Å². The molecule has 1 N–H and O–H groups in total. The second-order valence-electron chi connectivity index (χ2n) is 5.75. The van der Waals surface area contributed by atoms with Crippen molar-refractivity contribution in [2.24, 2.45) is 0 Å². The third kappa shape index (κ3) is 18.7. The molecule has 0 aromatic heterocycles. The minimum atomic E-state index is -0.687. The van der Waals surface area contributed by atoms with Crippen molar-refractivity contribution in [1.82, 2.24) is 0 Å². The lowest BCUT2D eigenvalue weighted by Gasteiger charge is -1.95. The van der Waals surface area contributed by atoms with E-state index in [9.17, 15) is 4.79 Å². The average molecular weight is 306 g/mol. The highest BCUT2D eigenvalue weighted by atomic mass is 16.4. The summed E-state index contributed by atoms with van der Waals surface area (Å²) < 4.78 is 0. The summed E-state index contributed by atoms with van der Waals surface area (Å²) >= 11 is 0. The van der Waals surface area contributed by atoms with Crippen LogP contribution in [0.2, 0.25) is 0 Å². The van der Waals surface area contributed by atoms with Crippen LogP contribution in [-0.4, -0.2) is 11.1 Å². The Morgan fingerprint density at radius 1 is 0.727 bits per heavy atom. The van der Waals surface area contributed by atoms with E-state index in [1.54, 1.807) is 0 Å². The first-order chi connectivity index (χ1) is 10.8. The molecule has 126 valence electrons. The number of carboxylic acid groups (broad SMARTS) is 1. The second kappa shape index (κ2) is 17.7. The number of unbranched alkanes of at least 4 members (excludes halogenated alkanes) is 8. The summed E-state index contributed by atoms with van der Waals surface area (Å²) in [5.41, 5.74) is 0. The van der Waals surface area contributed by atoms with Crippen molar-refractivity contribution in [3.05, 3.63) is 36.5 Å². The molecule has 0 heterocycles. The van der Waals surface area contributed by atoms with Crippen LogP contribution in [0.25, 0.3) is 0 Å². The summed E-state index contributed by atoms with van der Waals surface area (Å²) in [7, 11) is 0. The number of aliphatic carboxylic acids is 1. The molecule has 0 radical (unpaired) electrons. The largest absolute Gasteiger partial charge is 0.481 e. The third-order valence-corrected chi connectivity index (χ3v) is 3.53. The quantitative estimate of drug-likeness (QED) is 0.215. The maximum Gasteiger partial charge on any atom is 0.303 e. The van der Waals surface area contributed by atoms with Crippen LogP contribution in [0.1, 0.15) is 84.0 Å². The van der Waals surface area contributed by atoms with Gasteiger partial charge in [-0.15, -0.1) is 0 Å². The molecule has 0 spiro atoms. The molecule has 0 aliphatic rings. The Hall–Kier alpha value is -1.31. The normalized spacial score (nSPS) is 12.0. The molecule has 22 heavy (non-hydrogen) atoms. The van der Waals surface area contributed by atoms with Gasteiger partial charge in [0.05, 0.1) is 0 Å². The molecular weight excluding hydrogens is 272 g/mol. The number of allylic oxidation sites excluding steroid dienone is 6. The summed E-state index contributed by atoms with van der Waals surface area (Å²) in [6.45, 7) is 2.23. The smallest absolute Gasteiger partial charge is 0.303 e. The maximum atomic E-state index is 10.3. The van der Waals surface area contributed by atoms with E-state index in [0.29, 0.717) is 6.42 Å². The van der Waals surface area contributed by atoms with Crippen molar-refractivity contribution in [1.29, 1.82) is 0 Å². The van der Waals surface area contributed by atoms with E-state index in [4.69, 9.17) is 5.11 Å². The molecule has 0 fully saturated rings. The molecule has 0 aliphatic carbocycles. The lowest BCUT2D eigenvalue weighted by molar-refractivity contribution is -0.137. The Morgan fingerprint density at radius 2 is 1.18 bits per heavy atom. The van der Waals surface area contributed by atoms with Crippen molar-refractivity contribution in [2.45, 2.75) is 84.0 Å². The van der Waals surface area contributed by atoms with E-state index < -0.39 is 5.97 Å². The molecule has 0 aromatic carbocycles. The van der Waals surface area contributed by atoms with Gasteiger partial charge >= 0.3 is 5.97 Å². The van der Waals surface area contributed by atoms with Crippen molar-refractivity contribution in [3.8, 4) is 0 Å².